The van der Waals surface area contributed by atoms with E-state index in [1.165, 1.54) is 6.08 Å². The number of urea groups is 1. The van der Waals surface area contributed by atoms with Gasteiger partial charge < -0.3 is 15.5 Å². The smallest absolute Gasteiger partial charge is 0.324 e. The normalized spacial score (nSPS) is 10.8. The van der Waals surface area contributed by atoms with Crippen LogP contribution in [0.2, 0.25) is 5.02 Å². The van der Waals surface area contributed by atoms with Gasteiger partial charge in [-0.1, -0.05) is 48.0 Å². The molecule has 3 N–H and O–H groups in total. The fourth-order valence-corrected chi connectivity index (χ4v) is 3.87. The SMILES string of the molecule is Cc1cc(N(CCC#N)CCC#N)ccc1C=C(NC(=O)C=Cc1ccccc1)NC(=O)Nc1ccc(Cl)cc1. The number of hydrogen-bond acceptors (Lipinski definition) is 5. The van der Waals surface area contributed by atoms with Gasteiger partial charge in [0.1, 0.15) is 5.82 Å². The standard InChI is InChI=1S/C31H29ClN6O2/c1-23-21-28(38(19-5-17-33)20-6-18-34)15-10-25(23)22-29(36-30(39)16-9-24-7-3-2-4-8-24)37-31(40)35-27-13-11-26(32)12-14-27/h2-4,7-16,21-22H,5-6,19-20H2,1H3,(H,36,39)(H2,35,37,40). The summed E-state index contributed by atoms with van der Waals surface area (Å²) < 4.78 is 0. The number of carbonyl (C=O) groups excluding carboxylic acids is 2. The Kier molecular flexibility index (Phi) is 11.3. The van der Waals surface area contributed by atoms with E-state index < -0.39 is 11.9 Å². The summed E-state index contributed by atoms with van der Waals surface area (Å²) >= 11 is 5.93. The molecule has 0 atom stereocenters. The minimum atomic E-state index is -0.547. The van der Waals surface area contributed by atoms with Gasteiger partial charge in [0, 0.05) is 35.6 Å². The first-order valence-electron chi connectivity index (χ1n) is 12.6. The van der Waals surface area contributed by atoms with Crippen molar-refractivity contribution < 1.29 is 9.59 Å². The first kappa shape index (κ1) is 29.5. The summed E-state index contributed by atoms with van der Waals surface area (Å²) in [6.45, 7) is 2.92. The molecule has 0 bridgehead atoms. The number of rotatable bonds is 11. The zero-order chi connectivity index (χ0) is 28.7. The molecule has 0 aliphatic rings. The zero-order valence-electron chi connectivity index (χ0n) is 22.0. The van der Waals surface area contributed by atoms with Crippen molar-refractivity contribution in [1.29, 1.82) is 10.5 Å². The van der Waals surface area contributed by atoms with Crippen LogP contribution in [-0.2, 0) is 4.79 Å². The molecule has 3 rings (SSSR count). The maximum absolute atomic E-state index is 12.8. The average Bonchev–Trinajstić information content (AvgIpc) is 2.95. The number of anilines is 2. The molecule has 0 spiro atoms. The third-order valence-corrected chi connectivity index (χ3v) is 5.99. The van der Waals surface area contributed by atoms with Crippen molar-refractivity contribution in [2.45, 2.75) is 19.8 Å². The van der Waals surface area contributed by atoms with Crippen LogP contribution in [0.25, 0.3) is 12.2 Å². The molecule has 3 amide bonds. The molecule has 8 nitrogen and oxygen atoms in total. The van der Waals surface area contributed by atoms with Crippen LogP contribution in [-0.4, -0.2) is 25.0 Å². The number of nitriles is 2. The molecule has 0 unspecified atom stereocenters. The Morgan fingerprint density at radius 1 is 0.925 bits per heavy atom. The van der Waals surface area contributed by atoms with Crippen molar-refractivity contribution in [2.75, 3.05) is 23.3 Å². The summed E-state index contributed by atoms with van der Waals surface area (Å²) in [4.78, 5) is 27.5. The van der Waals surface area contributed by atoms with Gasteiger partial charge in [-0.05, 0) is 72.2 Å². The van der Waals surface area contributed by atoms with Crippen LogP contribution in [0.1, 0.15) is 29.5 Å². The Morgan fingerprint density at radius 3 is 2.23 bits per heavy atom. The lowest BCUT2D eigenvalue weighted by Crippen LogP contribution is -2.36. The molecule has 0 aliphatic carbocycles. The van der Waals surface area contributed by atoms with Crippen molar-refractivity contribution in [3.63, 3.8) is 0 Å². The fourth-order valence-electron chi connectivity index (χ4n) is 3.75. The Balaban J connectivity index is 1.84. The lowest BCUT2D eigenvalue weighted by molar-refractivity contribution is -0.115. The van der Waals surface area contributed by atoms with Gasteiger partial charge in [-0.3, -0.25) is 10.1 Å². The molecule has 40 heavy (non-hydrogen) atoms. The van der Waals surface area contributed by atoms with Crippen LogP contribution >= 0.6 is 11.6 Å². The van der Waals surface area contributed by atoms with Gasteiger partial charge >= 0.3 is 6.03 Å². The van der Waals surface area contributed by atoms with E-state index in [4.69, 9.17) is 22.1 Å². The molecule has 3 aromatic rings. The minimum Gasteiger partial charge on any atom is -0.369 e. The number of carbonyl (C=O) groups is 2. The van der Waals surface area contributed by atoms with Crippen LogP contribution in [0, 0.1) is 29.6 Å². The molecule has 202 valence electrons. The van der Waals surface area contributed by atoms with Crippen LogP contribution in [0.15, 0.2) is 84.7 Å². The van der Waals surface area contributed by atoms with Crippen LogP contribution < -0.4 is 20.9 Å². The van der Waals surface area contributed by atoms with Gasteiger partial charge in [0.15, 0.2) is 0 Å². The van der Waals surface area contributed by atoms with E-state index in [9.17, 15) is 9.59 Å². The predicted octanol–water partition coefficient (Wildman–Crippen LogP) is 6.23. The summed E-state index contributed by atoms with van der Waals surface area (Å²) in [5, 5.41) is 26.7. The third kappa shape index (κ3) is 9.68. The second-order valence-electron chi connectivity index (χ2n) is 8.72. The van der Waals surface area contributed by atoms with Crippen molar-refractivity contribution in [1.82, 2.24) is 10.6 Å². The predicted molar refractivity (Wildman–Crippen MR) is 159 cm³/mol. The molecule has 0 aromatic heterocycles. The lowest BCUT2D eigenvalue weighted by atomic mass is 10.1. The van der Waals surface area contributed by atoms with Crippen LogP contribution in [0.5, 0.6) is 0 Å². The van der Waals surface area contributed by atoms with Gasteiger partial charge in [0.25, 0.3) is 0 Å². The van der Waals surface area contributed by atoms with Crippen LogP contribution in [0.4, 0.5) is 16.2 Å². The monoisotopic (exact) mass is 552 g/mol. The number of nitrogens with one attached hydrogen (secondary N) is 3. The lowest BCUT2D eigenvalue weighted by Gasteiger charge is -2.23. The number of aryl methyl sites for hydroxylation is 1. The van der Waals surface area contributed by atoms with Crippen molar-refractivity contribution in [3.05, 3.63) is 106 Å². The van der Waals surface area contributed by atoms with Crippen molar-refractivity contribution in [3.8, 4) is 12.1 Å². The second-order valence-corrected chi connectivity index (χ2v) is 9.16. The third-order valence-electron chi connectivity index (χ3n) is 5.74. The zero-order valence-corrected chi connectivity index (χ0v) is 22.8. The van der Waals surface area contributed by atoms with E-state index >= 15 is 0 Å². The Bertz CT molecular complexity index is 1440. The molecular weight excluding hydrogens is 524 g/mol. The molecular formula is C31H29ClN6O2. The van der Waals surface area contributed by atoms with Crippen molar-refractivity contribution in [2.24, 2.45) is 0 Å². The highest BCUT2D eigenvalue weighted by Gasteiger charge is 2.11. The topological polar surface area (TPSA) is 121 Å². The van der Waals surface area contributed by atoms with E-state index in [2.05, 4.69) is 28.1 Å². The van der Waals surface area contributed by atoms with E-state index in [-0.39, 0.29) is 5.82 Å². The average molecular weight is 553 g/mol. The first-order chi connectivity index (χ1) is 19.4. The maximum Gasteiger partial charge on any atom is 0.324 e. The Labute approximate surface area is 239 Å². The van der Waals surface area contributed by atoms with Crippen LogP contribution in [0.3, 0.4) is 0 Å². The quantitative estimate of drug-likeness (QED) is 0.243. The Morgan fingerprint density at radius 2 is 1.60 bits per heavy atom. The number of halogens is 1. The van der Waals surface area contributed by atoms with Gasteiger partial charge in [-0.15, -0.1) is 0 Å². The summed E-state index contributed by atoms with van der Waals surface area (Å²) in [6, 6.07) is 25.5. The summed E-state index contributed by atoms with van der Waals surface area (Å²) in [5.74, 6) is -0.244. The number of nitrogens with zero attached hydrogens (tertiary/aromatic N) is 3. The van der Waals surface area contributed by atoms with Gasteiger partial charge in [-0.25, -0.2) is 4.79 Å². The molecule has 3 aromatic carbocycles. The van der Waals surface area contributed by atoms with Gasteiger partial charge in [0.2, 0.25) is 5.91 Å². The highest BCUT2D eigenvalue weighted by atomic mass is 35.5. The molecule has 0 heterocycles. The van der Waals surface area contributed by atoms with Crippen molar-refractivity contribution >= 4 is 47.1 Å². The molecule has 0 aliphatic heterocycles. The molecule has 0 fully saturated rings. The van der Waals surface area contributed by atoms with E-state index in [0.29, 0.717) is 36.6 Å². The number of hydrogen-bond donors (Lipinski definition) is 3. The van der Waals surface area contributed by atoms with E-state index in [1.807, 2.05) is 60.4 Å². The fraction of sp³-hybridized carbons (Fsp3) is 0.161. The Hall–Kier alpha value is -5.05. The molecule has 9 heteroatoms. The second kappa shape index (κ2) is 15.4. The van der Waals surface area contributed by atoms with Gasteiger partial charge in [-0.2, -0.15) is 10.5 Å². The number of benzene rings is 3. The molecule has 0 radical (unpaired) electrons. The summed E-state index contributed by atoms with van der Waals surface area (Å²) in [5.41, 5.74) is 3.92. The summed E-state index contributed by atoms with van der Waals surface area (Å²) in [7, 11) is 0. The number of amides is 3. The van der Waals surface area contributed by atoms with Gasteiger partial charge in [0.05, 0.1) is 25.0 Å². The maximum atomic E-state index is 12.8. The highest BCUT2D eigenvalue weighted by molar-refractivity contribution is 6.30. The molecule has 0 saturated carbocycles. The largest absolute Gasteiger partial charge is 0.369 e. The first-order valence-corrected chi connectivity index (χ1v) is 12.9. The van der Waals surface area contributed by atoms with E-state index in [1.54, 1.807) is 36.4 Å². The van der Waals surface area contributed by atoms with E-state index in [0.717, 1.165) is 22.4 Å². The highest BCUT2D eigenvalue weighted by Crippen LogP contribution is 2.22. The minimum absolute atomic E-state index is 0.177. The summed E-state index contributed by atoms with van der Waals surface area (Å²) in [6.07, 6.45) is 5.42. The molecule has 0 saturated heterocycles.